The Hall–Kier alpha value is -2.32. The van der Waals surface area contributed by atoms with Gasteiger partial charge in [0.1, 0.15) is 5.82 Å². The van der Waals surface area contributed by atoms with E-state index in [2.05, 4.69) is 23.2 Å². The predicted octanol–water partition coefficient (Wildman–Crippen LogP) is 4.89. The summed E-state index contributed by atoms with van der Waals surface area (Å²) in [7, 11) is 0. The molecule has 0 N–H and O–H groups in total. The molecule has 4 rings (SSSR count). The van der Waals surface area contributed by atoms with Crippen LogP contribution in [-0.4, -0.2) is 33.7 Å². The van der Waals surface area contributed by atoms with Crippen LogP contribution in [0.2, 0.25) is 0 Å². The Balaban J connectivity index is 1.44. The first-order chi connectivity index (χ1) is 13.6. The summed E-state index contributed by atoms with van der Waals surface area (Å²) < 4.78 is 18.6. The van der Waals surface area contributed by atoms with Crippen molar-refractivity contribution in [1.82, 2.24) is 10.2 Å². The van der Waals surface area contributed by atoms with E-state index in [9.17, 15) is 9.18 Å². The lowest BCUT2D eigenvalue weighted by molar-refractivity contribution is -0.116. The zero-order valence-corrected chi connectivity index (χ0v) is 16.8. The van der Waals surface area contributed by atoms with E-state index in [1.807, 2.05) is 23.1 Å². The van der Waals surface area contributed by atoms with E-state index < -0.39 is 0 Å². The number of halogens is 1. The molecule has 0 fully saturated rings. The van der Waals surface area contributed by atoms with Gasteiger partial charge in [0.25, 0.3) is 5.22 Å². The number of aromatic nitrogens is 2. The van der Waals surface area contributed by atoms with Crippen molar-refractivity contribution >= 4 is 35.1 Å². The Morgan fingerprint density at radius 1 is 1.25 bits per heavy atom. The van der Waals surface area contributed by atoms with Gasteiger partial charge in [-0.15, -0.1) is 22.0 Å². The van der Waals surface area contributed by atoms with Crippen LogP contribution in [0.25, 0.3) is 11.5 Å². The van der Waals surface area contributed by atoms with Gasteiger partial charge in [-0.3, -0.25) is 4.79 Å². The lowest BCUT2D eigenvalue weighted by Crippen LogP contribution is -2.33. The molecule has 0 spiro atoms. The molecule has 1 aromatic heterocycles. The fraction of sp³-hybridized carbons (Fsp3) is 0.250. The zero-order chi connectivity index (χ0) is 19.5. The Morgan fingerprint density at radius 3 is 2.86 bits per heavy atom. The van der Waals surface area contributed by atoms with E-state index >= 15 is 0 Å². The summed E-state index contributed by atoms with van der Waals surface area (Å²) in [4.78, 5) is 15.8. The fourth-order valence-corrected chi connectivity index (χ4v) is 4.68. The van der Waals surface area contributed by atoms with E-state index in [1.165, 1.54) is 23.9 Å². The van der Waals surface area contributed by atoms with Gasteiger partial charge in [-0.25, -0.2) is 4.39 Å². The smallest absolute Gasteiger partial charge is 0.277 e. The molecule has 0 saturated carbocycles. The number of carbonyl (C=O) groups is 1. The molecule has 5 nitrogen and oxygen atoms in total. The number of anilines is 1. The number of para-hydroxylation sites is 1. The number of hydrogen-bond donors (Lipinski definition) is 0. The average molecular weight is 416 g/mol. The molecule has 0 radical (unpaired) electrons. The van der Waals surface area contributed by atoms with Gasteiger partial charge >= 0.3 is 0 Å². The second-order valence-corrected chi connectivity index (χ2v) is 8.81. The molecule has 2 aromatic carbocycles. The summed E-state index contributed by atoms with van der Waals surface area (Å²) in [6.45, 7) is 2.87. The number of nitrogens with zero attached hydrogens (tertiary/aromatic N) is 3. The van der Waals surface area contributed by atoms with E-state index in [1.54, 1.807) is 23.9 Å². The van der Waals surface area contributed by atoms with E-state index in [0.29, 0.717) is 28.5 Å². The van der Waals surface area contributed by atoms with Crippen LogP contribution >= 0.6 is 23.5 Å². The minimum absolute atomic E-state index is 0.00804. The Morgan fingerprint density at radius 2 is 2.04 bits per heavy atom. The predicted molar refractivity (Wildman–Crippen MR) is 109 cm³/mol. The third-order valence-corrected chi connectivity index (χ3v) is 6.40. The van der Waals surface area contributed by atoms with Crippen molar-refractivity contribution in [3.8, 4) is 11.5 Å². The van der Waals surface area contributed by atoms with Gasteiger partial charge in [-0.05, 0) is 42.8 Å². The van der Waals surface area contributed by atoms with Gasteiger partial charge < -0.3 is 9.32 Å². The number of carbonyl (C=O) groups excluding carboxylic acids is 1. The van der Waals surface area contributed by atoms with Crippen molar-refractivity contribution in [2.24, 2.45) is 0 Å². The molecule has 3 aromatic rings. The van der Waals surface area contributed by atoms with Crippen LogP contribution in [0.3, 0.4) is 0 Å². The van der Waals surface area contributed by atoms with Gasteiger partial charge in [0.2, 0.25) is 11.8 Å². The van der Waals surface area contributed by atoms with Crippen molar-refractivity contribution in [2.75, 3.05) is 17.2 Å². The molecule has 0 aliphatic carbocycles. The SMILES string of the molecule is CC1CCN(C(=O)CSc2nnc(-c3ccc(F)cc3)o2)c2ccccc2S1. The number of fused-ring (bicyclic) bond motifs is 1. The molecule has 28 heavy (non-hydrogen) atoms. The van der Waals surface area contributed by atoms with E-state index in [-0.39, 0.29) is 17.5 Å². The van der Waals surface area contributed by atoms with Gasteiger partial charge in [-0.2, -0.15) is 0 Å². The Kier molecular flexibility index (Phi) is 5.68. The minimum atomic E-state index is -0.325. The van der Waals surface area contributed by atoms with Crippen LogP contribution in [0.4, 0.5) is 10.1 Å². The van der Waals surface area contributed by atoms with Crippen LogP contribution < -0.4 is 4.90 Å². The van der Waals surface area contributed by atoms with Crippen LogP contribution in [0.15, 0.2) is 63.1 Å². The number of rotatable bonds is 4. The number of amides is 1. The first-order valence-corrected chi connectivity index (χ1v) is 10.7. The van der Waals surface area contributed by atoms with Crippen LogP contribution in [0.1, 0.15) is 13.3 Å². The number of benzene rings is 2. The van der Waals surface area contributed by atoms with E-state index in [4.69, 9.17) is 4.42 Å². The van der Waals surface area contributed by atoms with Crippen molar-refractivity contribution in [1.29, 1.82) is 0 Å². The highest BCUT2D eigenvalue weighted by molar-refractivity contribution is 8.00. The lowest BCUT2D eigenvalue weighted by atomic mass is 10.2. The van der Waals surface area contributed by atoms with E-state index in [0.717, 1.165) is 17.0 Å². The molecular weight excluding hydrogens is 397 g/mol. The highest BCUT2D eigenvalue weighted by atomic mass is 32.2. The summed E-state index contributed by atoms with van der Waals surface area (Å²) in [5, 5.41) is 8.74. The molecule has 1 aliphatic rings. The largest absolute Gasteiger partial charge is 0.411 e. The quantitative estimate of drug-likeness (QED) is 0.566. The van der Waals surface area contributed by atoms with Crippen LogP contribution in [0.5, 0.6) is 0 Å². The monoisotopic (exact) mass is 415 g/mol. The maximum absolute atomic E-state index is 13.0. The topological polar surface area (TPSA) is 59.2 Å². The lowest BCUT2D eigenvalue weighted by Gasteiger charge is -2.22. The maximum Gasteiger partial charge on any atom is 0.277 e. The van der Waals surface area contributed by atoms with Crippen molar-refractivity contribution in [3.63, 3.8) is 0 Å². The van der Waals surface area contributed by atoms with Crippen LogP contribution in [-0.2, 0) is 4.79 Å². The molecule has 1 unspecified atom stereocenters. The minimum Gasteiger partial charge on any atom is -0.411 e. The average Bonchev–Trinajstić information content (AvgIpc) is 3.10. The summed E-state index contributed by atoms with van der Waals surface area (Å²) in [6, 6.07) is 13.8. The van der Waals surface area contributed by atoms with Gasteiger partial charge in [0.15, 0.2) is 0 Å². The molecule has 1 amide bonds. The molecule has 0 saturated heterocycles. The summed E-state index contributed by atoms with van der Waals surface area (Å²) >= 11 is 3.01. The van der Waals surface area contributed by atoms with Crippen LogP contribution in [0, 0.1) is 5.82 Å². The Bertz CT molecular complexity index is 978. The highest BCUT2D eigenvalue weighted by Gasteiger charge is 2.24. The fourth-order valence-electron chi connectivity index (χ4n) is 2.92. The summed E-state index contributed by atoms with van der Waals surface area (Å²) in [5.74, 6) is 0.195. The van der Waals surface area contributed by atoms with Gasteiger partial charge in [0.05, 0.1) is 11.4 Å². The van der Waals surface area contributed by atoms with Crippen molar-refractivity contribution in [2.45, 2.75) is 28.7 Å². The number of thioether (sulfide) groups is 2. The molecule has 2 heterocycles. The molecule has 0 bridgehead atoms. The standard InChI is InChI=1S/C20H18FN3O2S2/c1-13-10-11-24(16-4-2-3-5-17(16)28-13)18(25)12-27-20-23-22-19(26-20)14-6-8-15(21)9-7-14/h2-9,13H,10-12H2,1H3. The van der Waals surface area contributed by atoms with Gasteiger partial charge in [-0.1, -0.05) is 30.8 Å². The molecule has 1 atom stereocenters. The first-order valence-electron chi connectivity index (χ1n) is 8.88. The molecule has 144 valence electrons. The second kappa shape index (κ2) is 8.36. The zero-order valence-electron chi connectivity index (χ0n) is 15.2. The first kappa shape index (κ1) is 19.0. The number of hydrogen-bond acceptors (Lipinski definition) is 6. The van der Waals surface area contributed by atoms with Crippen molar-refractivity contribution in [3.05, 3.63) is 54.3 Å². The third-order valence-electron chi connectivity index (χ3n) is 4.36. The second-order valence-electron chi connectivity index (χ2n) is 6.40. The highest BCUT2D eigenvalue weighted by Crippen LogP contribution is 2.37. The summed E-state index contributed by atoms with van der Waals surface area (Å²) in [6.07, 6.45) is 0.936. The molecule has 1 aliphatic heterocycles. The summed E-state index contributed by atoms with van der Waals surface area (Å²) in [5.41, 5.74) is 1.60. The maximum atomic E-state index is 13.0. The third kappa shape index (κ3) is 4.23. The molecule has 8 heteroatoms. The van der Waals surface area contributed by atoms with Crippen molar-refractivity contribution < 1.29 is 13.6 Å². The normalized spacial score (nSPS) is 16.5. The Labute approximate surface area is 170 Å². The van der Waals surface area contributed by atoms with Gasteiger partial charge in [0, 0.05) is 22.3 Å². The molecular formula is C20H18FN3O2S2.